The van der Waals surface area contributed by atoms with Gasteiger partial charge in [0.25, 0.3) is 5.91 Å². The van der Waals surface area contributed by atoms with Crippen molar-refractivity contribution in [3.05, 3.63) is 48.3 Å². The van der Waals surface area contributed by atoms with E-state index in [0.29, 0.717) is 29.6 Å². The average molecular weight is 367 g/mol. The predicted octanol–water partition coefficient (Wildman–Crippen LogP) is 1.07. The summed E-state index contributed by atoms with van der Waals surface area (Å²) in [6, 6.07) is 10.6. The summed E-state index contributed by atoms with van der Waals surface area (Å²) in [5, 5.41) is 18.4. The average Bonchev–Trinajstić information content (AvgIpc) is 3.17. The van der Waals surface area contributed by atoms with Gasteiger partial charge in [-0.3, -0.25) is 9.78 Å². The first-order valence-electron chi connectivity index (χ1n) is 8.55. The van der Waals surface area contributed by atoms with Gasteiger partial charge in [0, 0.05) is 18.8 Å². The molecule has 0 spiro atoms. The molecular formula is C18H21N7O2. The molecule has 0 unspecified atom stereocenters. The van der Waals surface area contributed by atoms with Crippen molar-refractivity contribution in [2.75, 3.05) is 27.2 Å². The minimum absolute atomic E-state index is 0.247. The van der Waals surface area contributed by atoms with E-state index in [0.717, 1.165) is 13.0 Å². The number of hydrogen-bond donors (Lipinski definition) is 2. The van der Waals surface area contributed by atoms with Gasteiger partial charge < -0.3 is 15.4 Å². The molecular weight excluding hydrogens is 346 g/mol. The lowest BCUT2D eigenvalue weighted by atomic mass is 10.2. The van der Waals surface area contributed by atoms with Crippen LogP contribution < -0.4 is 15.4 Å². The van der Waals surface area contributed by atoms with Gasteiger partial charge in [-0.2, -0.15) is 5.10 Å². The number of carbonyl (C=O) groups is 1. The number of ether oxygens (including phenoxy) is 1. The third-order valence-corrected chi connectivity index (χ3v) is 3.81. The predicted molar refractivity (Wildman–Crippen MR) is 99.8 cm³/mol. The molecule has 3 aromatic heterocycles. The third-order valence-electron chi connectivity index (χ3n) is 3.81. The van der Waals surface area contributed by atoms with Gasteiger partial charge in [0.15, 0.2) is 11.5 Å². The molecule has 3 aromatic rings. The van der Waals surface area contributed by atoms with Crippen LogP contribution in [0.25, 0.3) is 17.2 Å². The van der Waals surface area contributed by atoms with Crippen LogP contribution in [0.1, 0.15) is 16.9 Å². The monoisotopic (exact) mass is 367 g/mol. The fourth-order valence-corrected chi connectivity index (χ4v) is 2.46. The van der Waals surface area contributed by atoms with Crippen molar-refractivity contribution in [2.45, 2.75) is 6.42 Å². The highest BCUT2D eigenvalue weighted by Crippen LogP contribution is 2.21. The Morgan fingerprint density at radius 3 is 2.74 bits per heavy atom. The Kier molecular flexibility index (Phi) is 6.06. The Morgan fingerprint density at radius 1 is 1.19 bits per heavy atom. The molecule has 9 nitrogen and oxygen atoms in total. The Morgan fingerprint density at radius 2 is 2.07 bits per heavy atom. The maximum Gasteiger partial charge on any atom is 0.271 e. The van der Waals surface area contributed by atoms with Crippen LogP contribution in [0.4, 0.5) is 0 Å². The molecule has 0 aromatic carbocycles. The van der Waals surface area contributed by atoms with Crippen LogP contribution in [0, 0.1) is 0 Å². The van der Waals surface area contributed by atoms with Crippen molar-refractivity contribution in [1.29, 1.82) is 0 Å². The lowest BCUT2D eigenvalue weighted by Gasteiger charge is -2.05. The number of pyridine rings is 1. The number of carbonyl (C=O) groups excluding carboxylic acids is 1. The standard InChI is InChI=1S/C18H21N7O2/c1-19-9-5-11-21-18(26)14-12-15(13-6-3-4-10-20-13)25(24-14)16-7-8-17(27-2)23-22-16/h3-4,6-8,10,12,19H,5,9,11H2,1-2H3,(H,21,26). The highest BCUT2D eigenvalue weighted by atomic mass is 16.5. The normalized spacial score (nSPS) is 10.6. The van der Waals surface area contributed by atoms with E-state index in [-0.39, 0.29) is 11.6 Å². The first-order valence-corrected chi connectivity index (χ1v) is 8.55. The van der Waals surface area contributed by atoms with Gasteiger partial charge in [-0.1, -0.05) is 6.07 Å². The lowest BCUT2D eigenvalue weighted by Crippen LogP contribution is -2.27. The molecule has 0 aliphatic heterocycles. The summed E-state index contributed by atoms with van der Waals surface area (Å²) in [5.74, 6) is 0.613. The largest absolute Gasteiger partial charge is 0.480 e. The summed E-state index contributed by atoms with van der Waals surface area (Å²) >= 11 is 0. The number of nitrogens with one attached hydrogen (secondary N) is 2. The Bertz CT molecular complexity index is 878. The summed E-state index contributed by atoms with van der Waals surface area (Å²) in [4.78, 5) is 16.8. The van der Waals surface area contributed by atoms with Gasteiger partial charge in [-0.25, -0.2) is 4.68 Å². The second-order valence-corrected chi connectivity index (χ2v) is 5.69. The van der Waals surface area contributed by atoms with E-state index in [4.69, 9.17) is 4.74 Å². The van der Waals surface area contributed by atoms with E-state index >= 15 is 0 Å². The van der Waals surface area contributed by atoms with Crippen LogP contribution in [-0.4, -0.2) is 58.1 Å². The van der Waals surface area contributed by atoms with E-state index in [9.17, 15) is 4.79 Å². The Hall–Kier alpha value is -3.33. The number of aromatic nitrogens is 5. The number of nitrogens with zero attached hydrogens (tertiary/aromatic N) is 5. The van der Waals surface area contributed by atoms with Gasteiger partial charge in [0.1, 0.15) is 0 Å². The molecule has 0 atom stereocenters. The Balaban J connectivity index is 1.92. The van der Waals surface area contributed by atoms with Crippen LogP contribution >= 0.6 is 0 Å². The van der Waals surface area contributed by atoms with Crippen LogP contribution in [0.3, 0.4) is 0 Å². The van der Waals surface area contributed by atoms with Crippen LogP contribution in [0.2, 0.25) is 0 Å². The van der Waals surface area contributed by atoms with Gasteiger partial charge in [-0.05, 0) is 44.3 Å². The number of hydrogen-bond acceptors (Lipinski definition) is 7. The fourth-order valence-electron chi connectivity index (χ4n) is 2.46. The maximum absolute atomic E-state index is 12.5. The summed E-state index contributed by atoms with van der Waals surface area (Å²) < 4.78 is 6.60. The number of methoxy groups -OCH3 is 1. The van der Waals surface area contributed by atoms with Crippen molar-refractivity contribution >= 4 is 5.91 Å². The maximum atomic E-state index is 12.5. The molecule has 9 heteroatoms. The van der Waals surface area contributed by atoms with Crippen LogP contribution in [0.15, 0.2) is 42.6 Å². The van der Waals surface area contributed by atoms with Crippen LogP contribution in [0.5, 0.6) is 5.88 Å². The molecule has 2 N–H and O–H groups in total. The lowest BCUT2D eigenvalue weighted by molar-refractivity contribution is 0.0948. The fraction of sp³-hybridized carbons (Fsp3) is 0.278. The van der Waals surface area contributed by atoms with Gasteiger partial charge in [0.2, 0.25) is 5.88 Å². The van der Waals surface area contributed by atoms with E-state index in [1.54, 1.807) is 29.1 Å². The smallest absolute Gasteiger partial charge is 0.271 e. The molecule has 3 rings (SSSR count). The minimum atomic E-state index is -0.247. The van der Waals surface area contributed by atoms with Crippen LogP contribution in [-0.2, 0) is 0 Å². The molecule has 140 valence electrons. The zero-order valence-electron chi connectivity index (χ0n) is 15.2. The summed E-state index contributed by atoms with van der Waals surface area (Å²) in [6.07, 6.45) is 2.52. The van der Waals surface area contributed by atoms with Gasteiger partial charge >= 0.3 is 0 Å². The highest BCUT2D eigenvalue weighted by Gasteiger charge is 2.18. The molecule has 0 saturated carbocycles. The van der Waals surface area contributed by atoms with E-state index in [1.165, 1.54) is 7.11 Å². The SMILES string of the molecule is CNCCCNC(=O)c1cc(-c2ccccn2)n(-c2ccc(OC)nn2)n1. The van der Waals surface area contributed by atoms with Crippen molar-refractivity contribution in [3.63, 3.8) is 0 Å². The van der Waals surface area contributed by atoms with Gasteiger partial charge in [0.05, 0.1) is 18.5 Å². The molecule has 0 bridgehead atoms. The Labute approximate surface area is 156 Å². The number of rotatable bonds is 8. The van der Waals surface area contributed by atoms with E-state index in [2.05, 4.69) is 30.9 Å². The van der Waals surface area contributed by atoms with E-state index < -0.39 is 0 Å². The van der Waals surface area contributed by atoms with E-state index in [1.807, 2.05) is 25.2 Å². The topological polar surface area (TPSA) is 107 Å². The van der Waals surface area contributed by atoms with Crippen molar-refractivity contribution in [1.82, 2.24) is 35.6 Å². The summed E-state index contributed by atoms with van der Waals surface area (Å²) in [5.41, 5.74) is 1.62. The molecule has 0 fully saturated rings. The third kappa shape index (κ3) is 4.45. The second kappa shape index (κ2) is 8.86. The first kappa shape index (κ1) is 18.5. The second-order valence-electron chi connectivity index (χ2n) is 5.69. The molecule has 27 heavy (non-hydrogen) atoms. The molecule has 1 amide bonds. The summed E-state index contributed by atoms with van der Waals surface area (Å²) in [7, 11) is 3.39. The van der Waals surface area contributed by atoms with Gasteiger partial charge in [-0.15, -0.1) is 10.2 Å². The minimum Gasteiger partial charge on any atom is -0.480 e. The molecule has 0 aliphatic rings. The molecule has 3 heterocycles. The zero-order chi connectivity index (χ0) is 19.1. The number of amides is 1. The molecule has 0 saturated heterocycles. The first-order chi connectivity index (χ1) is 13.2. The van der Waals surface area contributed by atoms with Crippen molar-refractivity contribution < 1.29 is 9.53 Å². The van der Waals surface area contributed by atoms with Crippen molar-refractivity contribution in [3.8, 4) is 23.1 Å². The molecule has 0 aliphatic carbocycles. The quantitative estimate of drug-likeness (QED) is 0.574. The zero-order valence-corrected chi connectivity index (χ0v) is 15.2. The summed E-state index contributed by atoms with van der Waals surface area (Å²) in [6.45, 7) is 1.39. The van der Waals surface area contributed by atoms with Crippen molar-refractivity contribution in [2.24, 2.45) is 0 Å². The molecule has 0 radical (unpaired) electrons. The highest BCUT2D eigenvalue weighted by molar-refractivity contribution is 5.93.